The van der Waals surface area contributed by atoms with Crippen molar-refractivity contribution < 1.29 is 0 Å². The van der Waals surface area contributed by atoms with Gasteiger partial charge < -0.3 is 5.41 Å². The normalized spacial score (nSPS) is 9.83. The maximum Gasteiger partial charge on any atom is 0.0253 e. The van der Waals surface area contributed by atoms with E-state index in [1.54, 1.807) is 0 Å². The van der Waals surface area contributed by atoms with Gasteiger partial charge in [-0.25, -0.2) is 0 Å². The van der Waals surface area contributed by atoms with Crippen molar-refractivity contribution in [1.82, 2.24) is 0 Å². The molecule has 0 fully saturated rings. The molecule has 0 unspecified atom stereocenters. The molecule has 0 saturated carbocycles. The van der Waals surface area contributed by atoms with Gasteiger partial charge in [0.1, 0.15) is 0 Å². The van der Waals surface area contributed by atoms with Crippen molar-refractivity contribution in [1.29, 1.82) is 5.41 Å². The zero-order valence-electron chi connectivity index (χ0n) is 7.72. The predicted molar refractivity (Wildman–Crippen MR) is 53.1 cm³/mol. The van der Waals surface area contributed by atoms with E-state index in [-0.39, 0.29) is 0 Å². The fourth-order valence-electron chi connectivity index (χ4n) is 1.45. The van der Waals surface area contributed by atoms with Crippen molar-refractivity contribution in [3.8, 4) is 0 Å². The number of rotatable bonds is 3. The largest absolute Gasteiger partial charge is 0.308 e. The summed E-state index contributed by atoms with van der Waals surface area (Å²) in [5.74, 6) is 0. The second kappa shape index (κ2) is 4.05. The fraction of sp³-hybridized carbons (Fsp3) is 0.364. The molecule has 0 atom stereocenters. The summed E-state index contributed by atoms with van der Waals surface area (Å²) in [6, 6.07) is 6.12. The molecule has 0 spiro atoms. The Morgan fingerprint density at radius 2 is 2.17 bits per heavy atom. The van der Waals surface area contributed by atoms with Crippen LogP contribution in [0.25, 0.3) is 0 Å². The van der Waals surface area contributed by atoms with Crippen LogP contribution >= 0.6 is 0 Å². The summed E-state index contributed by atoms with van der Waals surface area (Å²) in [6.07, 6.45) is 3.67. The topological polar surface area (TPSA) is 23.9 Å². The lowest BCUT2D eigenvalue weighted by molar-refractivity contribution is 0.911. The molecular weight excluding hydrogens is 146 g/mol. The zero-order chi connectivity index (χ0) is 8.97. The molecule has 0 aliphatic rings. The van der Waals surface area contributed by atoms with Crippen LogP contribution in [-0.4, -0.2) is 6.21 Å². The minimum Gasteiger partial charge on any atom is -0.308 e. The molecule has 0 saturated heterocycles. The minimum atomic E-state index is 1.07. The molecule has 1 aromatic rings. The Hall–Kier alpha value is -1.11. The third-order valence-corrected chi connectivity index (χ3v) is 2.10. The van der Waals surface area contributed by atoms with Gasteiger partial charge in [-0.3, -0.25) is 0 Å². The van der Waals surface area contributed by atoms with Crippen molar-refractivity contribution in [2.45, 2.75) is 26.7 Å². The van der Waals surface area contributed by atoms with Crippen molar-refractivity contribution >= 4 is 6.21 Å². The smallest absolute Gasteiger partial charge is 0.0253 e. The van der Waals surface area contributed by atoms with Crippen molar-refractivity contribution in [2.75, 3.05) is 0 Å². The van der Waals surface area contributed by atoms with Gasteiger partial charge >= 0.3 is 0 Å². The van der Waals surface area contributed by atoms with Crippen LogP contribution in [0.1, 0.15) is 30.0 Å². The Morgan fingerprint density at radius 3 is 2.75 bits per heavy atom. The molecule has 0 amide bonds. The molecule has 0 aliphatic carbocycles. The summed E-state index contributed by atoms with van der Waals surface area (Å²) in [6.45, 7) is 4.28. The standard InChI is InChI=1S/C11H15N/c1-3-5-11-9(2)6-4-7-10(11)8-12/h4,6-8,12H,3,5H2,1-2H3. The quantitative estimate of drug-likeness (QED) is 0.659. The highest BCUT2D eigenvalue weighted by molar-refractivity contribution is 5.79. The Morgan fingerprint density at radius 1 is 1.42 bits per heavy atom. The Labute approximate surface area is 73.9 Å². The highest BCUT2D eigenvalue weighted by atomic mass is 14.3. The van der Waals surface area contributed by atoms with Crippen LogP contribution in [0.2, 0.25) is 0 Å². The van der Waals surface area contributed by atoms with Gasteiger partial charge in [0.25, 0.3) is 0 Å². The SMILES string of the molecule is CCCc1c(C)cccc1C=N. The molecule has 64 valence electrons. The van der Waals surface area contributed by atoms with Gasteiger partial charge in [0, 0.05) is 6.21 Å². The highest BCUT2D eigenvalue weighted by Gasteiger charge is 2.00. The van der Waals surface area contributed by atoms with Crippen LogP contribution in [0.15, 0.2) is 18.2 Å². The van der Waals surface area contributed by atoms with E-state index in [9.17, 15) is 0 Å². The lowest BCUT2D eigenvalue weighted by atomic mass is 9.99. The van der Waals surface area contributed by atoms with Crippen LogP contribution in [0.4, 0.5) is 0 Å². The lowest BCUT2D eigenvalue weighted by Crippen LogP contribution is -1.95. The molecular formula is C11H15N. The molecule has 1 N–H and O–H groups in total. The van der Waals surface area contributed by atoms with E-state index in [0.717, 1.165) is 18.4 Å². The third-order valence-electron chi connectivity index (χ3n) is 2.10. The van der Waals surface area contributed by atoms with Crippen molar-refractivity contribution in [3.63, 3.8) is 0 Å². The van der Waals surface area contributed by atoms with Crippen molar-refractivity contribution in [2.24, 2.45) is 0 Å². The summed E-state index contributed by atoms with van der Waals surface area (Å²) >= 11 is 0. The zero-order valence-corrected chi connectivity index (χ0v) is 7.72. The third kappa shape index (κ3) is 1.73. The Balaban J connectivity index is 3.10. The molecule has 0 aliphatic heterocycles. The molecule has 0 heterocycles. The fourth-order valence-corrected chi connectivity index (χ4v) is 1.45. The van der Waals surface area contributed by atoms with E-state index in [1.807, 2.05) is 12.1 Å². The van der Waals surface area contributed by atoms with Gasteiger partial charge in [-0.1, -0.05) is 31.5 Å². The van der Waals surface area contributed by atoms with E-state index in [2.05, 4.69) is 19.9 Å². The average molecular weight is 161 g/mol. The Kier molecular flexibility index (Phi) is 3.03. The summed E-state index contributed by atoms with van der Waals surface area (Å²) < 4.78 is 0. The predicted octanol–water partition coefficient (Wildman–Crippen LogP) is 2.95. The van der Waals surface area contributed by atoms with E-state index < -0.39 is 0 Å². The first-order chi connectivity index (χ1) is 5.79. The van der Waals surface area contributed by atoms with E-state index in [0.29, 0.717) is 0 Å². The number of hydrogen-bond donors (Lipinski definition) is 1. The number of nitrogens with one attached hydrogen (secondary N) is 1. The van der Waals surface area contributed by atoms with Gasteiger partial charge in [0.05, 0.1) is 0 Å². The van der Waals surface area contributed by atoms with Crippen LogP contribution in [-0.2, 0) is 6.42 Å². The van der Waals surface area contributed by atoms with E-state index >= 15 is 0 Å². The minimum absolute atomic E-state index is 1.07. The van der Waals surface area contributed by atoms with Crippen LogP contribution in [0.3, 0.4) is 0 Å². The van der Waals surface area contributed by atoms with Gasteiger partial charge in [0.15, 0.2) is 0 Å². The van der Waals surface area contributed by atoms with Gasteiger partial charge in [-0.15, -0.1) is 0 Å². The van der Waals surface area contributed by atoms with Crippen LogP contribution < -0.4 is 0 Å². The highest BCUT2D eigenvalue weighted by Crippen LogP contribution is 2.14. The first-order valence-electron chi connectivity index (χ1n) is 4.38. The summed E-state index contributed by atoms with van der Waals surface area (Å²) in [7, 11) is 0. The summed E-state index contributed by atoms with van der Waals surface area (Å²) in [5, 5.41) is 7.23. The number of benzene rings is 1. The molecule has 12 heavy (non-hydrogen) atoms. The molecule has 1 nitrogen and oxygen atoms in total. The van der Waals surface area contributed by atoms with Gasteiger partial charge in [-0.2, -0.15) is 0 Å². The number of hydrogen-bond acceptors (Lipinski definition) is 1. The molecule has 1 aromatic carbocycles. The monoisotopic (exact) mass is 161 g/mol. The molecule has 0 bridgehead atoms. The second-order valence-electron chi connectivity index (χ2n) is 3.04. The lowest BCUT2D eigenvalue weighted by Gasteiger charge is -2.07. The first kappa shape index (κ1) is 8.98. The van der Waals surface area contributed by atoms with Crippen molar-refractivity contribution in [3.05, 3.63) is 34.9 Å². The molecule has 0 aromatic heterocycles. The average Bonchev–Trinajstić information content (AvgIpc) is 2.09. The maximum atomic E-state index is 7.23. The summed E-state index contributed by atoms with van der Waals surface area (Å²) in [4.78, 5) is 0. The Bertz CT molecular complexity index is 276. The maximum absolute atomic E-state index is 7.23. The first-order valence-corrected chi connectivity index (χ1v) is 4.38. The summed E-state index contributed by atoms with van der Waals surface area (Å²) in [5.41, 5.74) is 3.70. The molecule has 0 radical (unpaired) electrons. The van der Waals surface area contributed by atoms with Gasteiger partial charge in [0.2, 0.25) is 0 Å². The molecule has 1 heteroatoms. The molecule has 1 rings (SSSR count). The van der Waals surface area contributed by atoms with Crippen LogP contribution in [0.5, 0.6) is 0 Å². The van der Waals surface area contributed by atoms with E-state index in [4.69, 9.17) is 5.41 Å². The van der Waals surface area contributed by atoms with Crippen LogP contribution in [0, 0.1) is 12.3 Å². The van der Waals surface area contributed by atoms with E-state index in [1.165, 1.54) is 17.3 Å². The second-order valence-corrected chi connectivity index (χ2v) is 3.04. The number of aryl methyl sites for hydroxylation is 1. The van der Waals surface area contributed by atoms with Gasteiger partial charge in [-0.05, 0) is 30.0 Å².